The van der Waals surface area contributed by atoms with E-state index in [9.17, 15) is 0 Å². The summed E-state index contributed by atoms with van der Waals surface area (Å²) in [4.78, 5) is 0. The van der Waals surface area contributed by atoms with E-state index in [0.29, 0.717) is 5.92 Å². The summed E-state index contributed by atoms with van der Waals surface area (Å²) in [7, 11) is 0. The van der Waals surface area contributed by atoms with Gasteiger partial charge in [-0.15, -0.1) is 6.42 Å². The van der Waals surface area contributed by atoms with Gasteiger partial charge in [0.15, 0.2) is 0 Å². The topological polar surface area (TPSA) is 26.0 Å². The van der Waals surface area contributed by atoms with Crippen LogP contribution in [0, 0.1) is 12.3 Å². The first kappa shape index (κ1) is 9.83. The van der Waals surface area contributed by atoms with Gasteiger partial charge in [0.25, 0.3) is 0 Å². The molecule has 0 fully saturated rings. The fourth-order valence-electron chi connectivity index (χ4n) is 1.32. The zero-order valence-electron chi connectivity index (χ0n) is 7.96. The Labute approximate surface area is 80.0 Å². The maximum absolute atomic E-state index is 5.49. The van der Waals surface area contributed by atoms with E-state index in [1.807, 2.05) is 12.1 Å². The highest BCUT2D eigenvalue weighted by molar-refractivity contribution is 5.35. The minimum Gasteiger partial charge on any atom is -0.330 e. The lowest BCUT2D eigenvalue weighted by Crippen LogP contribution is -2.04. The van der Waals surface area contributed by atoms with Crippen LogP contribution in [0.2, 0.25) is 0 Å². The predicted molar refractivity (Wildman–Crippen MR) is 56.5 cm³/mol. The number of benzene rings is 1. The van der Waals surface area contributed by atoms with Crippen molar-refractivity contribution in [2.75, 3.05) is 6.54 Å². The van der Waals surface area contributed by atoms with Crippen LogP contribution in [0.1, 0.15) is 30.4 Å². The number of rotatable bonds is 3. The van der Waals surface area contributed by atoms with Gasteiger partial charge in [-0.3, -0.25) is 0 Å². The Morgan fingerprint density at radius 2 is 2.00 bits per heavy atom. The average molecular weight is 173 g/mol. The quantitative estimate of drug-likeness (QED) is 0.696. The third-order valence-corrected chi connectivity index (χ3v) is 2.25. The van der Waals surface area contributed by atoms with Crippen molar-refractivity contribution in [1.82, 2.24) is 0 Å². The first-order chi connectivity index (χ1) is 6.27. The first-order valence-corrected chi connectivity index (χ1v) is 4.54. The molecule has 0 radical (unpaired) electrons. The van der Waals surface area contributed by atoms with Crippen molar-refractivity contribution in [3.63, 3.8) is 0 Å². The summed E-state index contributed by atoms with van der Waals surface area (Å²) >= 11 is 0. The zero-order chi connectivity index (χ0) is 9.68. The van der Waals surface area contributed by atoms with E-state index in [1.165, 1.54) is 5.56 Å². The van der Waals surface area contributed by atoms with Crippen molar-refractivity contribution in [3.05, 3.63) is 35.4 Å². The molecule has 68 valence electrons. The van der Waals surface area contributed by atoms with Crippen LogP contribution in [-0.2, 0) is 0 Å². The van der Waals surface area contributed by atoms with Crippen molar-refractivity contribution >= 4 is 0 Å². The Bertz CT molecular complexity index is 292. The lowest BCUT2D eigenvalue weighted by atomic mass is 9.97. The van der Waals surface area contributed by atoms with Crippen LogP contribution in [0.15, 0.2) is 24.3 Å². The molecule has 0 bridgehead atoms. The van der Waals surface area contributed by atoms with Gasteiger partial charge >= 0.3 is 0 Å². The van der Waals surface area contributed by atoms with Crippen LogP contribution in [-0.4, -0.2) is 6.54 Å². The highest BCUT2D eigenvalue weighted by atomic mass is 14.5. The zero-order valence-corrected chi connectivity index (χ0v) is 7.96. The second kappa shape index (κ2) is 4.69. The third kappa shape index (κ3) is 2.61. The normalized spacial score (nSPS) is 12.1. The Morgan fingerprint density at radius 1 is 1.38 bits per heavy atom. The summed E-state index contributed by atoms with van der Waals surface area (Å²) in [5.41, 5.74) is 7.73. The first-order valence-electron chi connectivity index (χ1n) is 4.54. The number of terminal acetylenes is 1. The summed E-state index contributed by atoms with van der Waals surface area (Å²) in [6.45, 7) is 2.91. The van der Waals surface area contributed by atoms with Gasteiger partial charge in [0.1, 0.15) is 0 Å². The Hall–Kier alpha value is -1.26. The molecule has 1 aromatic rings. The molecular formula is C12H15N. The van der Waals surface area contributed by atoms with E-state index in [-0.39, 0.29) is 0 Å². The molecule has 1 atom stereocenters. The van der Waals surface area contributed by atoms with Gasteiger partial charge in [-0.05, 0) is 36.6 Å². The summed E-state index contributed by atoms with van der Waals surface area (Å²) in [5, 5.41) is 0. The molecule has 2 N–H and O–H groups in total. The summed E-state index contributed by atoms with van der Waals surface area (Å²) in [6.07, 6.45) is 6.29. The monoisotopic (exact) mass is 173 g/mol. The second-order valence-corrected chi connectivity index (χ2v) is 3.24. The highest BCUT2D eigenvalue weighted by Crippen LogP contribution is 2.18. The fourth-order valence-corrected chi connectivity index (χ4v) is 1.32. The number of hydrogen-bond acceptors (Lipinski definition) is 1. The average Bonchev–Trinajstić information content (AvgIpc) is 2.18. The molecule has 0 aliphatic heterocycles. The molecule has 1 aromatic carbocycles. The molecule has 0 aliphatic carbocycles. The minimum atomic E-state index is 0.525. The van der Waals surface area contributed by atoms with E-state index < -0.39 is 0 Å². The largest absolute Gasteiger partial charge is 0.330 e. The molecule has 0 aromatic heterocycles. The van der Waals surface area contributed by atoms with Crippen LogP contribution >= 0.6 is 0 Å². The summed E-state index contributed by atoms with van der Waals surface area (Å²) in [5.74, 6) is 3.13. The molecule has 1 heteroatoms. The molecule has 0 aliphatic rings. The molecule has 1 nitrogen and oxygen atoms in total. The summed E-state index contributed by atoms with van der Waals surface area (Å²) in [6, 6.07) is 8.11. The maximum Gasteiger partial charge on any atom is 0.0242 e. The Kier molecular flexibility index (Phi) is 3.54. The van der Waals surface area contributed by atoms with E-state index in [0.717, 1.165) is 18.5 Å². The predicted octanol–water partition coefficient (Wildman–Crippen LogP) is 2.12. The van der Waals surface area contributed by atoms with Gasteiger partial charge in [0.05, 0.1) is 0 Å². The van der Waals surface area contributed by atoms with Gasteiger partial charge in [-0.2, -0.15) is 0 Å². The lowest BCUT2D eigenvalue weighted by Gasteiger charge is -2.09. The van der Waals surface area contributed by atoms with Gasteiger partial charge in [0, 0.05) is 5.56 Å². The highest BCUT2D eigenvalue weighted by Gasteiger charge is 2.02. The smallest absolute Gasteiger partial charge is 0.0242 e. The molecule has 0 spiro atoms. The van der Waals surface area contributed by atoms with Crippen LogP contribution in [0.3, 0.4) is 0 Å². The number of nitrogens with two attached hydrogens (primary N) is 1. The maximum atomic E-state index is 5.49. The van der Waals surface area contributed by atoms with E-state index in [1.54, 1.807) is 0 Å². The third-order valence-electron chi connectivity index (χ3n) is 2.25. The van der Waals surface area contributed by atoms with Gasteiger partial charge in [-0.25, -0.2) is 0 Å². The number of hydrogen-bond donors (Lipinski definition) is 1. The molecule has 13 heavy (non-hydrogen) atoms. The lowest BCUT2D eigenvalue weighted by molar-refractivity contribution is 0.690. The minimum absolute atomic E-state index is 0.525. The Balaban J connectivity index is 2.75. The van der Waals surface area contributed by atoms with E-state index >= 15 is 0 Å². The van der Waals surface area contributed by atoms with Crippen molar-refractivity contribution < 1.29 is 0 Å². The van der Waals surface area contributed by atoms with Gasteiger partial charge < -0.3 is 5.73 Å². The molecular weight excluding hydrogens is 158 g/mol. The molecule has 0 saturated heterocycles. The van der Waals surface area contributed by atoms with Crippen molar-refractivity contribution in [2.24, 2.45) is 5.73 Å². The van der Waals surface area contributed by atoms with Gasteiger partial charge in [0.2, 0.25) is 0 Å². The summed E-state index contributed by atoms with van der Waals surface area (Å²) < 4.78 is 0. The fraction of sp³-hybridized carbons (Fsp3) is 0.333. The SMILES string of the molecule is C#Cc1ccc(C(C)CCN)cc1. The molecule has 0 amide bonds. The second-order valence-electron chi connectivity index (χ2n) is 3.24. The van der Waals surface area contributed by atoms with E-state index in [4.69, 9.17) is 12.2 Å². The van der Waals surface area contributed by atoms with Crippen LogP contribution in [0.4, 0.5) is 0 Å². The molecule has 0 saturated carbocycles. The molecule has 1 unspecified atom stereocenters. The van der Waals surface area contributed by atoms with Crippen LogP contribution in [0.25, 0.3) is 0 Å². The van der Waals surface area contributed by atoms with Crippen LogP contribution < -0.4 is 5.73 Å². The van der Waals surface area contributed by atoms with Crippen molar-refractivity contribution in [1.29, 1.82) is 0 Å². The van der Waals surface area contributed by atoms with Crippen LogP contribution in [0.5, 0.6) is 0 Å². The molecule has 0 heterocycles. The standard InChI is InChI=1S/C12H15N/c1-3-11-4-6-12(7-5-11)10(2)8-9-13/h1,4-7,10H,8-9,13H2,2H3. The molecule has 1 rings (SSSR count). The van der Waals surface area contributed by atoms with Crippen molar-refractivity contribution in [2.45, 2.75) is 19.3 Å². The van der Waals surface area contributed by atoms with Crippen molar-refractivity contribution in [3.8, 4) is 12.3 Å². The van der Waals surface area contributed by atoms with Gasteiger partial charge in [-0.1, -0.05) is 25.0 Å². The van der Waals surface area contributed by atoms with E-state index in [2.05, 4.69) is 25.0 Å². The Morgan fingerprint density at radius 3 is 2.46 bits per heavy atom.